The molecule has 2 rings (SSSR count). The van der Waals surface area contributed by atoms with Gasteiger partial charge in [0.05, 0.1) is 0 Å². The van der Waals surface area contributed by atoms with Crippen molar-refractivity contribution in [3.63, 3.8) is 0 Å². The molecule has 0 unspecified atom stereocenters. The third kappa shape index (κ3) is 4.07. The molecule has 0 spiro atoms. The molecule has 0 atom stereocenters. The Hall–Kier alpha value is -2.37. The van der Waals surface area contributed by atoms with Crippen molar-refractivity contribution in [3.05, 3.63) is 30.2 Å². The molecule has 1 aromatic carbocycles. The van der Waals surface area contributed by atoms with Gasteiger partial charge in [0.15, 0.2) is 0 Å². The van der Waals surface area contributed by atoms with Crippen LogP contribution in [0.3, 0.4) is 0 Å². The zero-order valence-corrected chi connectivity index (χ0v) is 13.4. The van der Waals surface area contributed by atoms with Crippen molar-refractivity contribution < 1.29 is 9.32 Å². The molecule has 2 amide bonds. The summed E-state index contributed by atoms with van der Waals surface area (Å²) in [7, 11) is 0. The molecule has 6 nitrogen and oxygen atoms in total. The number of rotatable bonds is 4. The van der Waals surface area contributed by atoms with Crippen LogP contribution in [0.4, 0.5) is 10.5 Å². The van der Waals surface area contributed by atoms with E-state index in [0.717, 1.165) is 17.7 Å². The van der Waals surface area contributed by atoms with Gasteiger partial charge < -0.3 is 15.2 Å². The predicted molar refractivity (Wildman–Crippen MR) is 85.7 cm³/mol. The van der Waals surface area contributed by atoms with E-state index in [1.54, 1.807) is 0 Å². The van der Waals surface area contributed by atoms with Crippen molar-refractivity contribution in [2.45, 2.75) is 39.5 Å². The zero-order chi connectivity index (χ0) is 16.2. The molecule has 0 aliphatic carbocycles. The molecule has 1 heterocycles. The lowest BCUT2D eigenvalue weighted by atomic mass is 9.97. The maximum absolute atomic E-state index is 11.6. The van der Waals surface area contributed by atoms with Gasteiger partial charge in [-0.15, -0.1) is 0 Å². The molecule has 0 radical (unpaired) electrons. The van der Waals surface area contributed by atoms with E-state index in [9.17, 15) is 4.79 Å². The Kier molecular flexibility index (Phi) is 4.80. The van der Waals surface area contributed by atoms with Crippen LogP contribution in [0.5, 0.6) is 0 Å². The Bertz CT molecular complexity index is 626. The average Bonchev–Trinajstić information content (AvgIpc) is 2.96. The van der Waals surface area contributed by atoms with Gasteiger partial charge in [-0.25, -0.2) is 4.79 Å². The molecular formula is C16H22N4O2. The highest BCUT2D eigenvalue weighted by Gasteiger charge is 2.22. The van der Waals surface area contributed by atoms with E-state index >= 15 is 0 Å². The predicted octanol–water partition coefficient (Wildman–Crippen LogP) is 3.57. The summed E-state index contributed by atoms with van der Waals surface area (Å²) in [5, 5.41) is 9.53. The van der Waals surface area contributed by atoms with Gasteiger partial charge in [0.25, 0.3) is 0 Å². The highest BCUT2D eigenvalue weighted by atomic mass is 16.5. The molecule has 2 aromatic rings. The van der Waals surface area contributed by atoms with Crippen molar-refractivity contribution in [2.75, 3.05) is 11.9 Å². The van der Waals surface area contributed by atoms with Gasteiger partial charge in [0.2, 0.25) is 11.7 Å². The summed E-state index contributed by atoms with van der Waals surface area (Å²) in [5.41, 5.74) is 1.39. The molecule has 0 aliphatic rings. The number of amides is 2. The molecule has 0 saturated heterocycles. The first-order valence-electron chi connectivity index (χ1n) is 7.39. The lowest BCUT2D eigenvalue weighted by Gasteiger charge is -2.10. The number of aromatic nitrogens is 2. The van der Waals surface area contributed by atoms with E-state index in [4.69, 9.17) is 4.52 Å². The normalized spacial score (nSPS) is 11.3. The van der Waals surface area contributed by atoms with Crippen LogP contribution in [-0.2, 0) is 5.41 Å². The molecule has 0 bridgehead atoms. The van der Waals surface area contributed by atoms with Crippen LogP contribution in [0.25, 0.3) is 11.4 Å². The van der Waals surface area contributed by atoms with Gasteiger partial charge in [0, 0.05) is 23.2 Å². The van der Waals surface area contributed by atoms with Gasteiger partial charge in [-0.2, -0.15) is 4.98 Å². The standard InChI is InChI=1S/C16H22N4O2/c1-5-10-17-15(21)18-12-8-6-11(7-9-12)13-19-14(22-20-13)16(2,3)4/h6-9H,5,10H2,1-4H3,(H2,17,18,21). The van der Waals surface area contributed by atoms with E-state index in [1.807, 2.05) is 52.0 Å². The van der Waals surface area contributed by atoms with E-state index in [0.29, 0.717) is 18.3 Å². The van der Waals surface area contributed by atoms with Crippen LogP contribution < -0.4 is 10.6 Å². The number of nitrogens with zero attached hydrogens (tertiary/aromatic N) is 2. The molecule has 1 aromatic heterocycles. The van der Waals surface area contributed by atoms with E-state index in [2.05, 4.69) is 20.8 Å². The van der Waals surface area contributed by atoms with Crippen LogP contribution in [-0.4, -0.2) is 22.7 Å². The number of nitrogens with one attached hydrogen (secondary N) is 2. The Labute approximate surface area is 130 Å². The largest absolute Gasteiger partial charge is 0.338 e. The van der Waals surface area contributed by atoms with Crippen LogP contribution in [0.15, 0.2) is 28.8 Å². The first-order valence-corrected chi connectivity index (χ1v) is 7.39. The van der Waals surface area contributed by atoms with Gasteiger partial charge in [-0.05, 0) is 30.7 Å². The minimum atomic E-state index is -0.204. The monoisotopic (exact) mass is 302 g/mol. The average molecular weight is 302 g/mol. The van der Waals surface area contributed by atoms with Gasteiger partial charge in [-0.1, -0.05) is 32.9 Å². The quantitative estimate of drug-likeness (QED) is 0.905. The number of hydrogen-bond acceptors (Lipinski definition) is 4. The van der Waals surface area contributed by atoms with Gasteiger partial charge >= 0.3 is 6.03 Å². The summed E-state index contributed by atoms with van der Waals surface area (Å²) in [4.78, 5) is 16.0. The summed E-state index contributed by atoms with van der Waals surface area (Å²) in [6.07, 6.45) is 0.903. The van der Waals surface area contributed by atoms with E-state index < -0.39 is 0 Å². The Morgan fingerprint density at radius 3 is 2.45 bits per heavy atom. The van der Waals surface area contributed by atoms with Crippen molar-refractivity contribution >= 4 is 11.7 Å². The highest BCUT2D eigenvalue weighted by Crippen LogP contribution is 2.24. The number of carbonyl (C=O) groups is 1. The van der Waals surface area contributed by atoms with Gasteiger partial charge in [-0.3, -0.25) is 0 Å². The molecule has 22 heavy (non-hydrogen) atoms. The number of hydrogen-bond donors (Lipinski definition) is 2. The Morgan fingerprint density at radius 1 is 1.23 bits per heavy atom. The van der Waals surface area contributed by atoms with Crippen LogP contribution >= 0.6 is 0 Å². The van der Waals surface area contributed by atoms with E-state index in [-0.39, 0.29) is 11.4 Å². The SMILES string of the molecule is CCCNC(=O)Nc1ccc(-c2noc(C(C)(C)C)n2)cc1. The second-order valence-corrected chi connectivity index (χ2v) is 6.13. The number of carbonyl (C=O) groups excluding carboxylic acids is 1. The summed E-state index contributed by atoms with van der Waals surface area (Å²) in [6.45, 7) is 8.72. The lowest BCUT2D eigenvalue weighted by Crippen LogP contribution is -2.29. The second kappa shape index (κ2) is 6.60. The lowest BCUT2D eigenvalue weighted by molar-refractivity contribution is 0.252. The fourth-order valence-corrected chi connectivity index (χ4v) is 1.76. The summed E-state index contributed by atoms with van der Waals surface area (Å²) >= 11 is 0. The Balaban J connectivity index is 2.06. The first kappa shape index (κ1) is 16.0. The van der Waals surface area contributed by atoms with Crippen molar-refractivity contribution in [3.8, 4) is 11.4 Å². The highest BCUT2D eigenvalue weighted by molar-refractivity contribution is 5.89. The van der Waals surface area contributed by atoms with Crippen LogP contribution in [0.2, 0.25) is 0 Å². The smallest absolute Gasteiger partial charge is 0.319 e. The number of urea groups is 1. The third-order valence-corrected chi connectivity index (χ3v) is 3.00. The molecule has 6 heteroatoms. The molecule has 2 N–H and O–H groups in total. The molecule has 118 valence electrons. The second-order valence-electron chi connectivity index (χ2n) is 6.13. The fraction of sp³-hybridized carbons (Fsp3) is 0.438. The maximum Gasteiger partial charge on any atom is 0.319 e. The fourth-order valence-electron chi connectivity index (χ4n) is 1.76. The molecular weight excluding hydrogens is 280 g/mol. The minimum Gasteiger partial charge on any atom is -0.338 e. The van der Waals surface area contributed by atoms with Crippen LogP contribution in [0, 0.1) is 0 Å². The third-order valence-electron chi connectivity index (χ3n) is 3.00. The van der Waals surface area contributed by atoms with Crippen LogP contribution in [0.1, 0.15) is 40.0 Å². The number of benzene rings is 1. The summed E-state index contributed by atoms with van der Waals surface area (Å²) < 4.78 is 5.28. The maximum atomic E-state index is 11.6. The van der Waals surface area contributed by atoms with Crippen molar-refractivity contribution in [1.82, 2.24) is 15.5 Å². The Morgan fingerprint density at radius 2 is 1.91 bits per heavy atom. The number of anilines is 1. The van der Waals surface area contributed by atoms with Crippen molar-refractivity contribution in [2.24, 2.45) is 0 Å². The first-order chi connectivity index (χ1) is 10.4. The van der Waals surface area contributed by atoms with Crippen molar-refractivity contribution in [1.29, 1.82) is 0 Å². The zero-order valence-electron chi connectivity index (χ0n) is 13.4. The molecule has 0 saturated carbocycles. The summed E-state index contributed by atoms with van der Waals surface area (Å²) in [5.74, 6) is 1.15. The molecule has 0 fully saturated rings. The molecule has 0 aliphatic heterocycles. The summed E-state index contributed by atoms with van der Waals surface area (Å²) in [6, 6.07) is 7.13. The minimum absolute atomic E-state index is 0.176. The topological polar surface area (TPSA) is 80.0 Å². The van der Waals surface area contributed by atoms with Gasteiger partial charge in [0.1, 0.15) is 0 Å². The van der Waals surface area contributed by atoms with E-state index in [1.165, 1.54) is 0 Å².